The predicted molar refractivity (Wildman–Crippen MR) is 157 cm³/mol. The molecular formula is C29H33Cl2N3O4S. The molecule has 0 aromatic heterocycles. The van der Waals surface area contributed by atoms with Gasteiger partial charge in [0.05, 0.1) is 15.6 Å². The molecule has 0 radical (unpaired) electrons. The van der Waals surface area contributed by atoms with Crippen molar-refractivity contribution in [2.24, 2.45) is 0 Å². The van der Waals surface area contributed by atoms with E-state index in [1.807, 2.05) is 20.8 Å². The van der Waals surface area contributed by atoms with Crippen LogP contribution in [0, 0.1) is 6.92 Å². The number of para-hydroxylation sites is 1. The Labute approximate surface area is 240 Å². The molecule has 0 saturated heterocycles. The highest BCUT2D eigenvalue weighted by atomic mass is 35.5. The quantitative estimate of drug-likeness (QED) is 0.305. The molecule has 0 fully saturated rings. The number of sulfonamides is 1. The van der Waals surface area contributed by atoms with Gasteiger partial charge in [0.15, 0.2) is 0 Å². The third-order valence-corrected chi connectivity index (χ3v) is 8.79. The summed E-state index contributed by atoms with van der Waals surface area (Å²) in [6.45, 7) is 6.82. The molecule has 3 aromatic carbocycles. The number of hydrogen-bond donors (Lipinski definition) is 1. The summed E-state index contributed by atoms with van der Waals surface area (Å²) in [7, 11) is -4.19. The van der Waals surface area contributed by atoms with Crippen molar-refractivity contribution in [1.82, 2.24) is 10.2 Å². The van der Waals surface area contributed by atoms with Crippen molar-refractivity contribution in [3.05, 3.63) is 94.0 Å². The maximum absolute atomic E-state index is 13.9. The third-order valence-electron chi connectivity index (χ3n) is 6.44. The number of hydrogen-bond acceptors (Lipinski definition) is 4. The van der Waals surface area contributed by atoms with E-state index in [9.17, 15) is 18.0 Å². The van der Waals surface area contributed by atoms with Crippen LogP contribution < -0.4 is 9.62 Å². The van der Waals surface area contributed by atoms with Gasteiger partial charge in [0, 0.05) is 17.6 Å². The molecule has 0 spiro atoms. The normalized spacial score (nSPS) is 12.9. The summed E-state index contributed by atoms with van der Waals surface area (Å²) >= 11 is 12.5. The van der Waals surface area contributed by atoms with Crippen molar-refractivity contribution >= 4 is 50.7 Å². The van der Waals surface area contributed by atoms with Crippen molar-refractivity contribution in [2.45, 2.75) is 57.6 Å². The fourth-order valence-electron chi connectivity index (χ4n) is 3.84. The molecule has 0 saturated carbocycles. The van der Waals surface area contributed by atoms with Gasteiger partial charge in [0.2, 0.25) is 11.8 Å². The number of aryl methyl sites for hydroxylation is 1. The number of nitrogens with one attached hydrogen (secondary N) is 1. The molecule has 0 aliphatic heterocycles. The Hall–Kier alpha value is -3.07. The highest BCUT2D eigenvalue weighted by Crippen LogP contribution is 2.31. The molecule has 7 nitrogen and oxygen atoms in total. The molecule has 39 heavy (non-hydrogen) atoms. The molecule has 2 atom stereocenters. The zero-order valence-corrected chi connectivity index (χ0v) is 24.7. The van der Waals surface area contributed by atoms with Crippen LogP contribution in [0.5, 0.6) is 0 Å². The molecule has 3 aromatic rings. The minimum absolute atomic E-state index is 0.0210. The minimum atomic E-state index is -4.19. The molecule has 0 heterocycles. The van der Waals surface area contributed by atoms with Gasteiger partial charge in [-0.3, -0.25) is 13.9 Å². The number of rotatable bonds is 11. The Balaban J connectivity index is 2.03. The van der Waals surface area contributed by atoms with Crippen molar-refractivity contribution in [3.63, 3.8) is 0 Å². The number of carbonyl (C=O) groups is 2. The van der Waals surface area contributed by atoms with Gasteiger partial charge in [0.25, 0.3) is 10.0 Å². The highest BCUT2D eigenvalue weighted by Gasteiger charge is 2.33. The Morgan fingerprint density at radius 1 is 0.923 bits per heavy atom. The molecule has 1 N–H and O–H groups in total. The third kappa shape index (κ3) is 7.75. The second-order valence-corrected chi connectivity index (χ2v) is 12.1. The molecule has 2 unspecified atom stereocenters. The van der Waals surface area contributed by atoms with E-state index in [4.69, 9.17) is 23.2 Å². The van der Waals surface area contributed by atoms with Crippen LogP contribution in [-0.2, 0) is 26.2 Å². The van der Waals surface area contributed by atoms with Gasteiger partial charge in [-0.25, -0.2) is 8.42 Å². The zero-order valence-electron chi connectivity index (χ0n) is 22.4. The van der Waals surface area contributed by atoms with Gasteiger partial charge >= 0.3 is 0 Å². The van der Waals surface area contributed by atoms with Crippen LogP contribution >= 0.6 is 23.2 Å². The van der Waals surface area contributed by atoms with E-state index in [0.717, 1.165) is 21.9 Å². The van der Waals surface area contributed by atoms with E-state index in [-0.39, 0.29) is 34.1 Å². The lowest BCUT2D eigenvalue weighted by Crippen LogP contribution is -2.52. The molecule has 2 amide bonds. The van der Waals surface area contributed by atoms with Crippen LogP contribution in [0.15, 0.2) is 77.7 Å². The Kier molecular flexibility index (Phi) is 10.4. The smallest absolute Gasteiger partial charge is 0.264 e. The van der Waals surface area contributed by atoms with Crippen LogP contribution in [0.25, 0.3) is 0 Å². The van der Waals surface area contributed by atoms with Gasteiger partial charge in [-0.15, -0.1) is 0 Å². The van der Waals surface area contributed by atoms with Gasteiger partial charge in [-0.1, -0.05) is 72.1 Å². The van der Waals surface area contributed by atoms with E-state index in [1.165, 1.54) is 17.0 Å². The van der Waals surface area contributed by atoms with E-state index < -0.39 is 28.5 Å². The average molecular weight is 591 g/mol. The maximum Gasteiger partial charge on any atom is 0.264 e. The molecule has 3 rings (SSSR count). The lowest BCUT2D eigenvalue weighted by molar-refractivity contribution is -0.139. The van der Waals surface area contributed by atoms with Crippen LogP contribution in [0.1, 0.15) is 38.3 Å². The van der Waals surface area contributed by atoms with Crippen LogP contribution in [0.2, 0.25) is 10.0 Å². The number of nitrogens with zero attached hydrogens (tertiary/aromatic N) is 2. The molecule has 208 valence electrons. The lowest BCUT2D eigenvalue weighted by Gasteiger charge is -2.32. The second kappa shape index (κ2) is 13.3. The first kappa shape index (κ1) is 30.5. The van der Waals surface area contributed by atoms with Gasteiger partial charge in [-0.2, -0.15) is 0 Å². The molecule has 0 aliphatic rings. The van der Waals surface area contributed by atoms with Gasteiger partial charge in [-0.05, 0) is 69.2 Å². The number of anilines is 1. The first-order valence-electron chi connectivity index (χ1n) is 12.6. The van der Waals surface area contributed by atoms with E-state index in [2.05, 4.69) is 5.32 Å². The SMILES string of the molecule is CCC(C)NC(=O)C(C)N(Cc1ccc(Cl)cc1)C(=O)CN(c1ccccc1Cl)S(=O)(=O)c1ccc(C)cc1. The van der Waals surface area contributed by atoms with Crippen molar-refractivity contribution < 1.29 is 18.0 Å². The van der Waals surface area contributed by atoms with Crippen molar-refractivity contribution in [2.75, 3.05) is 10.8 Å². The number of amides is 2. The molecule has 10 heteroatoms. The lowest BCUT2D eigenvalue weighted by atomic mass is 10.1. The van der Waals surface area contributed by atoms with Crippen LogP contribution in [0.3, 0.4) is 0 Å². The van der Waals surface area contributed by atoms with Crippen LogP contribution in [0.4, 0.5) is 5.69 Å². The van der Waals surface area contributed by atoms with E-state index in [0.29, 0.717) is 5.02 Å². The Morgan fingerprint density at radius 3 is 2.13 bits per heavy atom. The summed E-state index contributed by atoms with van der Waals surface area (Å²) in [4.78, 5) is 28.4. The predicted octanol–water partition coefficient (Wildman–Crippen LogP) is 5.83. The van der Waals surface area contributed by atoms with Gasteiger partial charge in [0.1, 0.15) is 12.6 Å². The Bertz CT molecular complexity index is 1400. The average Bonchev–Trinajstić information content (AvgIpc) is 2.91. The standard InChI is InChI=1S/C29H33Cl2N3O4S/c1-5-21(3)32-29(36)22(4)33(18-23-12-14-24(30)15-13-23)28(35)19-34(27-9-7-6-8-26(27)31)39(37,38)25-16-10-20(2)11-17-25/h6-17,21-22H,5,18-19H2,1-4H3,(H,32,36). The summed E-state index contributed by atoms with van der Waals surface area (Å²) < 4.78 is 28.7. The molecule has 0 aliphatic carbocycles. The van der Waals surface area contributed by atoms with Crippen molar-refractivity contribution in [1.29, 1.82) is 0 Å². The van der Waals surface area contributed by atoms with E-state index in [1.54, 1.807) is 67.6 Å². The monoisotopic (exact) mass is 589 g/mol. The summed E-state index contributed by atoms with van der Waals surface area (Å²) in [5.41, 5.74) is 1.79. The first-order chi connectivity index (χ1) is 18.4. The molecule has 0 bridgehead atoms. The fourth-order valence-corrected chi connectivity index (χ4v) is 5.69. The summed E-state index contributed by atoms with van der Waals surface area (Å²) in [6, 6.07) is 18.7. The number of carbonyl (C=O) groups excluding carboxylic acids is 2. The summed E-state index contributed by atoms with van der Waals surface area (Å²) in [6.07, 6.45) is 0.721. The topological polar surface area (TPSA) is 86.8 Å². The number of halogens is 2. The van der Waals surface area contributed by atoms with Crippen LogP contribution in [-0.4, -0.2) is 43.8 Å². The zero-order chi connectivity index (χ0) is 28.7. The largest absolute Gasteiger partial charge is 0.352 e. The van der Waals surface area contributed by atoms with E-state index >= 15 is 0 Å². The van der Waals surface area contributed by atoms with Crippen molar-refractivity contribution in [3.8, 4) is 0 Å². The fraction of sp³-hybridized carbons (Fsp3) is 0.310. The molecular weight excluding hydrogens is 557 g/mol. The summed E-state index contributed by atoms with van der Waals surface area (Å²) in [5.74, 6) is -0.898. The second-order valence-electron chi connectivity index (χ2n) is 9.42. The van der Waals surface area contributed by atoms with Gasteiger partial charge < -0.3 is 10.2 Å². The maximum atomic E-state index is 13.9. The summed E-state index contributed by atoms with van der Waals surface area (Å²) in [5, 5.41) is 3.62. The highest BCUT2D eigenvalue weighted by molar-refractivity contribution is 7.92. The minimum Gasteiger partial charge on any atom is -0.352 e. The number of benzene rings is 3. The first-order valence-corrected chi connectivity index (χ1v) is 14.8. The Morgan fingerprint density at radius 2 is 1.54 bits per heavy atom.